The third-order valence-corrected chi connectivity index (χ3v) is 5.92. The number of benzene rings is 3. The van der Waals surface area contributed by atoms with Crippen molar-refractivity contribution in [2.24, 2.45) is 0 Å². The second-order valence-corrected chi connectivity index (χ2v) is 9.02. The number of amides is 4. The van der Waals surface area contributed by atoms with Gasteiger partial charge in [0.2, 0.25) is 0 Å². The van der Waals surface area contributed by atoms with Gasteiger partial charge in [0.1, 0.15) is 0 Å². The molecule has 0 aliphatic heterocycles. The van der Waals surface area contributed by atoms with Gasteiger partial charge in [0, 0.05) is 59.9 Å². The Kier molecular flexibility index (Phi) is 11.8. The molecule has 0 aromatic heterocycles. The second-order valence-electron chi connectivity index (χ2n) is 9.02. The molecule has 0 aliphatic carbocycles. The van der Waals surface area contributed by atoms with Gasteiger partial charge in [-0.1, -0.05) is 12.1 Å². The molecular weight excluding hydrogens is 512 g/mol. The first-order chi connectivity index (χ1) is 19.4. The van der Waals surface area contributed by atoms with Crippen molar-refractivity contribution in [2.75, 3.05) is 36.9 Å². The summed E-state index contributed by atoms with van der Waals surface area (Å²) in [5.74, 6) is -1.34. The topological polar surface area (TPSA) is 157 Å². The Morgan fingerprint density at radius 3 is 1.27 bits per heavy atom. The molecule has 0 radical (unpaired) electrons. The van der Waals surface area contributed by atoms with Gasteiger partial charge in [0.25, 0.3) is 23.6 Å². The zero-order valence-corrected chi connectivity index (χ0v) is 22.1. The highest BCUT2D eigenvalue weighted by molar-refractivity contribution is 6.08. The molecule has 210 valence electrons. The number of carbonyl (C=O) groups excluding carboxylic acids is 4. The summed E-state index contributed by atoms with van der Waals surface area (Å²) in [7, 11) is 0. The zero-order valence-electron chi connectivity index (χ0n) is 22.1. The van der Waals surface area contributed by atoms with Crippen LogP contribution in [0.3, 0.4) is 0 Å². The summed E-state index contributed by atoms with van der Waals surface area (Å²) in [6.07, 6.45) is 2.55. The minimum Gasteiger partial charge on any atom is -0.396 e. The van der Waals surface area contributed by atoms with Gasteiger partial charge in [0.15, 0.2) is 0 Å². The van der Waals surface area contributed by atoms with Gasteiger partial charge in [-0.05, 0) is 86.3 Å². The van der Waals surface area contributed by atoms with E-state index in [4.69, 9.17) is 10.2 Å². The summed E-state index contributed by atoms with van der Waals surface area (Å²) in [6, 6.07) is 19.2. The predicted octanol–water partition coefficient (Wildman–Crippen LogP) is 3.20. The molecular formula is C30H34N4O6. The van der Waals surface area contributed by atoms with Gasteiger partial charge >= 0.3 is 0 Å². The standard InChI is InChI=1S/C30H34N4O6/c35-17-3-1-15-31-27(37)23-7-5-9-25(19-23)33-29(39)21-11-13-22(14-12-21)30(40)34-26-10-6-8-24(20-26)28(38)32-16-2-4-18-36/h5-14,19-20,35-36H,1-4,15-18H2,(H,31,37)(H,32,38)(H,33,39)(H,34,40). The summed E-state index contributed by atoms with van der Waals surface area (Å²) in [5.41, 5.74) is 2.36. The monoisotopic (exact) mass is 546 g/mol. The Balaban J connectivity index is 1.56. The van der Waals surface area contributed by atoms with Crippen molar-refractivity contribution in [3.8, 4) is 0 Å². The van der Waals surface area contributed by atoms with E-state index in [9.17, 15) is 19.2 Å². The van der Waals surface area contributed by atoms with E-state index in [1.54, 1.807) is 48.5 Å². The van der Waals surface area contributed by atoms with E-state index in [0.29, 0.717) is 72.4 Å². The molecule has 0 bridgehead atoms. The summed E-state index contributed by atoms with van der Waals surface area (Å²) in [4.78, 5) is 50.1. The lowest BCUT2D eigenvalue weighted by atomic mass is 10.1. The maximum atomic E-state index is 12.7. The summed E-state index contributed by atoms with van der Waals surface area (Å²) < 4.78 is 0. The Bertz CT molecular complexity index is 1210. The number of unbranched alkanes of at least 4 members (excludes halogenated alkanes) is 2. The molecule has 6 N–H and O–H groups in total. The molecule has 0 aliphatic rings. The first-order valence-corrected chi connectivity index (χ1v) is 13.1. The van der Waals surface area contributed by atoms with Crippen molar-refractivity contribution in [1.29, 1.82) is 0 Å². The molecule has 3 rings (SSSR count). The van der Waals surface area contributed by atoms with Gasteiger partial charge in [-0.2, -0.15) is 0 Å². The molecule has 10 heteroatoms. The van der Waals surface area contributed by atoms with Crippen LogP contribution < -0.4 is 21.3 Å². The highest BCUT2D eigenvalue weighted by Gasteiger charge is 2.12. The number of hydrogen-bond acceptors (Lipinski definition) is 6. The lowest BCUT2D eigenvalue weighted by Gasteiger charge is -2.10. The molecule has 0 spiro atoms. The zero-order chi connectivity index (χ0) is 28.7. The summed E-state index contributed by atoms with van der Waals surface area (Å²) >= 11 is 0. The third kappa shape index (κ3) is 9.33. The van der Waals surface area contributed by atoms with Gasteiger partial charge < -0.3 is 31.5 Å². The highest BCUT2D eigenvalue weighted by Crippen LogP contribution is 2.15. The van der Waals surface area contributed by atoms with Crippen molar-refractivity contribution < 1.29 is 29.4 Å². The average Bonchev–Trinajstić information content (AvgIpc) is 2.97. The van der Waals surface area contributed by atoms with Gasteiger partial charge in [0.05, 0.1) is 0 Å². The number of rotatable bonds is 14. The first-order valence-electron chi connectivity index (χ1n) is 13.1. The number of anilines is 2. The Labute approximate surface area is 232 Å². The first kappa shape index (κ1) is 30.0. The van der Waals surface area contributed by atoms with Crippen molar-refractivity contribution in [3.05, 3.63) is 95.1 Å². The number of nitrogens with one attached hydrogen (secondary N) is 4. The summed E-state index contributed by atoms with van der Waals surface area (Å²) in [5, 5.41) is 28.7. The van der Waals surface area contributed by atoms with Crippen LogP contribution >= 0.6 is 0 Å². The smallest absolute Gasteiger partial charge is 0.255 e. The molecule has 10 nitrogen and oxygen atoms in total. The summed E-state index contributed by atoms with van der Waals surface area (Å²) in [6.45, 7) is 1.04. The molecule has 0 saturated carbocycles. The Morgan fingerprint density at radius 1 is 0.500 bits per heavy atom. The van der Waals surface area contributed by atoms with Crippen molar-refractivity contribution in [2.45, 2.75) is 25.7 Å². The number of aliphatic hydroxyl groups is 2. The Hall–Kier alpha value is -4.54. The molecule has 4 amide bonds. The number of carbonyl (C=O) groups is 4. The maximum Gasteiger partial charge on any atom is 0.255 e. The van der Waals surface area contributed by atoms with E-state index < -0.39 is 11.8 Å². The van der Waals surface area contributed by atoms with Crippen molar-refractivity contribution >= 4 is 35.0 Å². The van der Waals surface area contributed by atoms with Crippen LogP contribution in [0.5, 0.6) is 0 Å². The fourth-order valence-corrected chi connectivity index (χ4v) is 3.74. The van der Waals surface area contributed by atoms with Crippen molar-refractivity contribution in [3.63, 3.8) is 0 Å². The van der Waals surface area contributed by atoms with Crippen LogP contribution in [0.2, 0.25) is 0 Å². The molecule has 40 heavy (non-hydrogen) atoms. The third-order valence-electron chi connectivity index (χ3n) is 5.92. The largest absolute Gasteiger partial charge is 0.396 e. The van der Waals surface area contributed by atoms with Gasteiger partial charge in [-0.15, -0.1) is 0 Å². The van der Waals surface area contributed by atoms with Crippen LogP contribution in [0, 0.1) is 0 Å². The fourth-order valence-electron chi connectivity index (χ4n) is 3.74. The van der Waals surface area contributed by atoms with Crippen LogP contribution in [0.4, 0.5) is 11.4 Å². The van der Waals surface area contributed by atoms with Gasteiger partial charge in [-0.25, -0.2) is 0 Å². The molecule has 0 saturated heterocycles. The van der Waals surface area contributed by atoms with E-state index in [1.807, 2.05) is 0 Å². The molecule has 0 heterocycles. The van der Waals surface area contributed by atoms with E-state index >= 15 is 0 Å². The highest BCUT2D eigenvalue weighted by atomic mass is 16.3. The van der Waals surface area contributed by atoms with E-state index in [2.05, 4.69) is 21.3 Å². The molecule has 0 fully saturated rings. The van der Waals surface area contributed by atoms with Crippen molar-refractivity contribution in [1.82, 2.24) is 10.6 Å². The SMILES string of the molecule is O=C(NCCCCO)c1cccc(NC(=O)c2ccc(C(=O)Nc3cccc(C(=O)NCCCCO)c3)cc2)c1. The van der Waals surface area contributed by atoms with E-state index in [0.717, 1.165) is 0 Å². The average molecular weight is 547 g/mol. The van der Waals surface area contributed by atoms with E-state index in [-0.39, 0.29) is 25.0 Å². The molecule has 3 aromatic rings. The van der Waals surface area contributed by atoms with Crippen LogP contribution in [0.15, 0.2) is 72.8 Å². The molecule has 0 unspecified atom stereocenters. The minimum absolute atomic E-state index is 0.0742. The van der Waals surface area contributed by atoms with Crippen LogP contribution in [-0.2, 0) is 0 Å². The van der Waals surface area contributed by atoms with Crippen LogP contribution in [0.25, 0.3) is 0 Å². The molecule has 0 atom stereocenters. The number of hydrogen-bond donors (Lipinski definition) is 6. The van der Waals surface area contributed by atoms with Gasteiger partial charge in [-0.3, -0.25) is 19.2 Å². The molecule has 3 aromatic carbocycles. The normalized spacial score (nSPS) is 10.4. The maximum absolute atomic E-state index is 12.7. The van der Waals surface area contributed by atoms with Crippen LogP contribution in [0.1, 0.15) is 67.1 Å². The second kappa shape index (κ2) is 15.8. The van der Waals surface area contributed by atoms with E-state index in [1.165, 1.54) is 24.3 Å². The predicted molar refractivity (Wildman–Crippen MR) is 153 cm³/mol. The number of aliphatic hydroxyl groups excluding tert-OH is 2. The lowest BCUT2D eigenvalue weighted by Crippen LogP contribution is -2.24. The minimum atomic E-state index is -0.398. The lowest BCUT2D eigenvalue weighted by molar-refractivity contribution is 0.0944. The fraction of sp³-hybridized carbons (Fsp3) is 0.267. The Morgan fingerprint density at radius 2 is 0.900 bits per heavy atom. The quantitative estimate of drug-likeness (QED) is 0.171. The van der Waals surface area contributed by atoms with Crippen LogP contribution in [-0.4, -0.2) is 60.1 Å².